The van der Waals surface area contributed by atoms with Gasteiger partial charge in [0, 0.05) is 30.1 Å². The van der Waals surface area contributed by atoms with Crippen LogP contribution < -0.4 is 19.7 Å². The number of rotatable bonds is 4. The molecule has 2 aliphatic rings. The molecule has 0 aliphatic carbocycles. The zero-order chi connectivity index (χ0) is 20.7. The third kappa shape index (κ3) is 3.52. The molecule has 30 heavy (non-hydrogen) atoms. The average Bonchev–Trinajstić information content (AvgIpc) is 3.47. The van der Waals surface area contributed by atoms with E-state index in [1.54, 1.807) is 17.0 Å². The number of thiazole rings is 1. The molecule has 1 N–H and O–H groups in total. The van der Waals surface area contributed by atoms with Crippen molar-refractivity contribution in [3.8, 4) is 23.0 Å². The van der Waals surface area contributed by atoms with Crippen LogP contribution in [0, 0.1) is 12.8 Å². The van der Waals surface area contributed by atoms with Gasteiger partial charge >= 0.3 is 0 Å². The number of aromatic nitrogens is 1. The molecular formula is C21H19N3O5S. The van der Waals surface area contributed by atoms with Gasteiger partial charge in [-0.25, -0.2) is 4.98 Å². The molecule has 3 aromatic rings. The third-order valence-corrected chi connectivity index (χ3v) is 5.82. The molecule has 0 bridgehead atoms. The molecule has 4 heterocycles. The number of anilines is 2. The van der Waals surface area contributed by atoms with Crippen LogP contribution in [-0.2, 0) is 9.59 Å². The molecule has 0 saturated carbocycles. The normalized spacial score (nSPS) is 18.0. The van der Waals surface area contributed by atoms with Crippen molar-refractivity contribution in [2.45, 2.75) is 13.3 Å². The highest BCUT2D eigenvalue weighted by molar-refractivity contribution is 7.14. The number of aryl methyl sites for hydroxylation is 1. The Morgan fingerprint density at radius 3 is 2.83 bits per heavy atom. The molecule has 0 spiro atoms. The van der Waals surface area contributed by atoms with Crippen molar-refractivity contribution in [2.75, 3.05) is 30.0 Å². The van der Waals surface area contributed by atoms with Gasteiger partial charge in [-0.1, -0.05) is 0 Å². The standard InChI is InChI=1S/C21H19N3O5S/c1-12-2-4-16(29-12)15-11-30-21(22-15)23-20(26)13-8-19(25)24(10-13)14-3-5-17-18(9-14)28-7-6-27-17/h2-5,9,11,13H,6-8,10H2,1H3,(H,22,23,26). The van der Waals surface area contributed by atoms with E-state index >= 15 is 0 Å². The van der Waals surface area contributed by atoms with Gasteiger partial charge in [0.05, 0.1) is 5.92 Å². The predicted octanol–water partition coefficient (Wildman–Crippen LogP) is 3.47. The van der Waals surface area contributed by atoms with E-state index < -0.39 is 5.92 Å². The van der Waals surface area contributed by atoms with Crippen LogP contribution in [0.15, 0.2) is 40.1 Å². The van der Waals surface area contributed by atoms with Gasteiger partial charge < -0.3 is 24.1 Å². The van der Waals surface area contributed by atoms with Crippen LogP contribution in [0.2, 0.25) is 0 Å². The van der Waals surface area contributed by atoms with Crippen LogP contribution in [0.4, 0.5) is 10.8 Å². The summed E-state index contributed by atoms with van der Waals surface area (Å²) in [5.41, 5.74) is 1.37. The lowest BCUT2D eigenvalue weighted by atomic mass is 10.1. The maximum atomic E-state index is 12.7. The Balaban J connectivity index is 1.26. The van der Waals surface area contributed by atoms with Gasteiger partial charge in [-0.3, -0.25) is 9.59 Å². The van der Waals surface area contributed by atoms with E-state index in [0.717, 1.165) is 5.76 Å². The van der Waals surface area contributed by atoms with E-state index in [0.29, 0.717) is 53.5 Å². The van der Waals surface area contributed by atoms with Gasteiger partial charge in [0.2, 0.25) is 11.8 Å². The SMILES string of the molecule is Cc1ccc(-c2csc(NC(=O)C3CC(=O)N(c4ccc5c(c4)OCCO5)C3)n2)o1. The van der Waals surface area contributed by atoms with Crippen molar-refractivity contribution in [2.24, 2.45) is 5.92 Å². The van der Waals surface area contributed by atoms with E-state index in [4.69, 9.17) is 13.9 Å². The van der Waals surface area contributed by atoms with Crippen molar-refractivity contribution in [3.63, 3.8) is 0 Å². The van der Waals surface area contributed by atoms with Gasteiger partial charge in [0.1, 0.15) is 24.7 Å². The molecule has 1 unspecified atom stereocenters. The molecule has 1 saturated heterocycles. The van der Waals surface area contributed by atoms with Crippen molar-refractivity contribution in [1.82, 2.24) is 4.98 Å². The number of nitrogens with one attached hydrogen (secondary N) is 1. The molecule has 2 aromatic heterocycles. The summed E-state index contributed by atoms with van der Waals surface area (Å²) in [5.74, 6) is 1.96. The van der Waals surface area contributed by atoms with E-state index in [1.807, 2.05) is 30.5 Å². The Labute approximate surface area is 176 Å². The zero-order valence-electron chi connectivity index (χ0n) is 16.2. The Morgan fingerprint density at radius 1 is 1.20 bits per heavy atom. The summed E-state index contributed by atoms with van der Waals surface area (Å²) in [4.78, 5) is 31.3. The zero-order valence-corrected chi connectivity index (χ0v) is 17.0. The minimum Gasteiger partial charge on any atom is -0.486 e. The second-order valence-corrected chi connectivity index (χ2v) is 8.03. The summed E-state index contributed by atoms with van der Waals surface area (Å²) in [6.45, 7) is 3.15. The van der Waals surface area contributed by atoms with Crippen LogP contribution in [0.5, 0.6) is 11.5 Å². The maximum Gasteiger partial charge on any atom is 0.231 e. The highest BCUT2D eigenvalue weighted by atomic mass is 32.1. The predicted molar refractivity (Wildman–Crippen MR) is 111 cm³/mol. The average molecular weight is 425 g/mol. The highest BCUT2D eigenvalue weighted by Gasteiger charge is 2.36. The van der Waals surface area contributed by atoms with Crippen LogP contribution >= 0.6 is 11.3 Å². The number of furan rings is 1. The first-order chi connectivity index (χ1) is 14.6. The molecule has 1 aromatic carbocycles. The van der Waals surface area contributed by atoms with E-state index in [-0.39, 0.29) is 18.2 Å². The number of ether oxygens (including phenoxy) is 2. The first kappa shape index (κ1) is 18.7. The molecule has 1 atom stereocenters. The lowest BCUT2D eigenvalue weighted by molar-refractivity contribution is -0.122. The lowest BCUT2D eigenvalue weighted by Gasteiger charge is -2.22. The molecular weight excluding hydrogens is 406 g/mol. The molecule has 2 aliphatic heterocycles. The number of hydrogen-bond donors (Lipinski definition) is 1. The Bertz CT molecular complexity index is 1120. The molecule has 0 radical (unpaired) electrons. The number of amides is 2. The minimum absolute atomic E-state index is 0.0993. The van der Waals surface area contributed by atoms with Crippen molar-refractivity contribution < 1.29 is 23.5 Å². The second-order valence-electron chi connectivity index (χ2n) is 7.17. The summed E-state index contributed by atoms with van der Waals surface area (Å²) in [5, 5.41) is 5.14. The summed E-state index contributed by atoms with van der Waals surface area (Å²) < 4.78 is 16.7. The minimum atomic E-state index is -0.455. The number of benzene rings is 1. The molecule has 154 valence electrons. The Kier molecular flexibility index (Phi) is 4.66. The summed E-state index contributed by atoms with van der Waals surface area (Å²) >= 11 is 1.32. The molecule has 1 fully saturated rings. The number of carbonyl (C=O) groups excluding carboxylic acids is 2. The van der Waals surface area contributed by atoms with Gasteiger partial charge in [0.25, 0.3) is 0 Å². The third-order valence-electron chi connectivity index (χ3n) is 5.06. The highest BCUT2D eigenvalue weighted by Crippen LogP contribution is 2.36. The first-order valence-electron chi connectivity index (χ1n) is 9.60. The monoisotopic (exact) mass is 425 g/mol. The molecule has 2 amide bonds. The van der Waals surface area contributed by atoms with E-state index in [9.17, 15) is 9.59 Å². The lowest BCUT2D eigenvalue weighted by Crippen LogP contribution is -2.28. The van der Waals surface area contributed by atoms with Crippen molar-refractivity contribution >= 4 is 34.0 Å². The van der Waals surface area contributed by atoms with E-state index in [2.05, 4.69) is 10.3 Å². The topological polar surface area (TPSA) is 93.9 Å². The van der Waals surface area contributed by atoms with Gasteiger partial charge in [0.15, 0.2) is 22.4 Å². The van der Waals surface area contributed by atoms with Crippen LogP contribution in [0.1, 0.15) is 12.2 Å². The summed E-state index contributed by atoms with van der Waals surface area (Å²) in [6, 6.07) is 9.09. The first-order valence-corrected chi connectivity index (χ1v) is 10.5. The second kappa shape index (κ2) is 7.49. The maximum absolute atomic E-state index is 12.7. The fourth-order valence-corrected chi connectivity index (χ4v) is 4.26. The molecule has 5 rings (SSSR count). The van der Waals surface area contributed by atoms with Gasteiger partial charge in [-0.05, 0) is 31.2 Å². The van der Waals surface area contributed by atoms with Gasteiger partial charge in [-0.2, -0.15) is 0 Å². The largest absolute Gasteiger partial charge is 0.486 e. The number of nitrogens with zero attached hydrogens (tertiary/aromatic N) is 2. The number of hydrogen-bond acceptors (Lipinski definition) is 7. The Hall–Kier alpha value is -3.33. The smallest absolute Gasteiger partial charge is 0.231 e. The number of fused-ring (bicyclic) bond motifs is 1. The van der Waals surface area contributed by atoms with Gasteiger partial charge in [-0.15, -0.1) is 11.3 Å². The molecule has 8 nitrogen and oxygen atoms in total. The van der Waals surface area contributed by atoms with Crippen LogP contribution in [0.3, 0.4) is 0 Å². The Morgan fingerprint density at radius 2 is 2.03 bits per heavy atom. The summed E-state index contributed by atoms with van der Waals surface area (Å²) in [6.07, 6.45) is 0.149. The van der Waals surface area contributed by atoms with Crippen LogP contribution in [0.25, 0.3) is 11.5 Å². The van der Waals surface area contributed by atoms with Crippen molar-refractivity contribution in [1.29, 1.82) is 0 Å². The fourth-order valence-electron chi connectivity index (χ4n) is 3.56. The fraction of sp³-hybridized carbons (Fsp3) is 0.286. The summed E-state index contributed by atoms with van der Waals surface area (Å²) in [7, 11) is 0. The van der Waals surface area contributed by atoms with E-state index in [1.165, 1.54) is 11.3 Å². The molecule has 9 heteroatoms. The van der Waals surface area contributed by atoms with Crippen molar-refractivity contribution in [3.05, 3.63) is 41.5 Å². The number of carbonyl (C=O) groups is 2. The van der Waals surface area contributed by atoms with Crippen LogP contribution in [-0.4, -0.2) is 36.6 Å². The quantitative estimate of drug-likeness (QED) is 0.688.